The van der Waals surface area contributed by atoms with E-state index in [-0.39, 0.29) is 34.4 Å². The molecule has 1 saturated carbocycles. The van der Waals surface area contributed by atoms with Crippen molar-refractivity contribution in [3.63, 3.8) is 0 Å². The van der Waals surface area contributed by atoms with E-state index in [1.54, 1.807) is 0 Å². The fourth-order valence-electron chi connectivity index (χ4n) is 4.83. The van der Waals surface area contributed by atoms with E-state index in [0.717, 1.165) is 25.0 Å². The second-order valence-corrected chi connectivity index (χ2v) is 14.6. The van der Waals surface area contributed by atoms with Gasteiger partial charge in [-0.1, -0.05) is 45.0 Å². The molecule has 27 heavy (non-hydrogen) atoms. The van der Waals surface area contributed by atoms with Crippen LogP contribution in [0.3, 0.4) is 0 Å². The lowest BCUT2D eigenvalue weighted by Crippen LogP contribution is -2.46. The van der Waals surface area contributed by atoms with Crippen molar-refractivity contribution in [3.8, 4) is 0 Å². The lowest BCUT2D eigenvalue weighted by molar-refractivity contribution is 0.0646. The normalized spacial score (nSPS) is 28.0. The summed E-state index contributed by atoms with van der Waals surface area (Å²) in [5.41, 5.74) is 2.57. The smallest absolute Gasteiger partial charge is 0.250 e. The van der Waals surface area contributed by atoms with Crippen LogP contribution in [0.4, 0.5) is 0 Å². The standard InChI is InChI=1S/C23H30O3Si/c1-23(2,3)27(4,5)26-19-13-18-20(15-12-8-11-14(15)19)22(25)17-10-7-6-9-16(17)21(18)24/h6-7,9-10,15,18,20H,8,11-13H2,1-5H3. The molecule has 3 aliphatic rings. The Hall–Kier alpha value is -1.68. The number of carbonyl (C=O) groups is 2. The fourth-order valence-corrected chi connectivity index (χ4v) is 5.97. The number of rotatable bonds is 2. The van der Waals surface area contributed by atoms with E-state index in [4.69, 9.17) is 4.43 Å². The third kappa shape index (κ3) is 2.84. The molecular formula is C23H30O3Si. The molecule has 0 spiro atoms. The summed E-state index contributed by atoms with van der Waals surface area (Å²) in [6.45, 7) is 11.3. The van der Waals surface area contributed by atoms with Gasteiger partial charge in [0.15, 0.2) is 11.6 Å². The van der Waals surface area contributed by atoms with Gasteiger partial charge >= 0.3 is 0 Å². The summed E-state index contributed by atoms with van der Waals surface area (Å²) in [5.74, 6) is 1.11. The lowest BCUT2D eigenvalue weighted by atomic mass is 9.63. The molecule has 3 nitrogen and oxygen atoms in total. The minimum atomic E-state index is -1.97. The number of hydrogen-bond acceptors (Lipinski definition) is 3. The molecule has 144 valence electrons. The quantitative estimate of drug-likeness (QED) is 0.609. The predicted octanol–water partition coefficient (Wildman–Crippen LogP) is 5.78. The number of fused-ring (bicyclic) bond motifs is 4. The van der Waals surface area contributed by atoms with Crippen LogP contribution < -0.4 is 0 Å². The van der Waals surface area contributed by atoms with Gasteiger partial charge in [0.2, 0.25) is 8.32 Å². The van der Waals surface area contributed by atoms with Crippen molar-refractivity contribution in [2.24, 2.45) is 17.8 Å². The third-order valence-corrected chi connectivity index (χ3v) is 11.7. The van der Waals surface area contributed by atoms with Crippen molar-refractivity contribution in [3.05, 3.63) is 46.7 Å². The van der Waals surface area contributed by atoms with E-state index in [0.29, 0.717) is 17.5 Å². The molecule has 1 aromatic rings. The highest BCUT2D eigenvalue weighted by molar-refractivity contribution is 6.74. The number of ketones is 2. The molecule has 0 bridgehead atoms. The van der Waals surface area contributed by atoms with Crippen LogP contribution in [0.1, 0.15) is 67.2 Å². The zero-order valence-corrected chi connectivity index (χ0v) is 18.1. The second kappa shape index (κ2) is 6.16. The van der Waals surface area contributed by atoms with E-state index in [9.17, 15) is 9.59 Å². The van der Waals surface area contributed by atoms with Crippen molar-refractivity contribution in [2.75, 3.05) is 0 Å². The summed E-state index contributed by atoms with van der Waals surface area (Å²) in [4.78, 5) is 26.6. The second-order valence-electron chi connectivity index (χ2n) is 9.92. The van der Waals surface area contributed by atoms with Gasteiger partial charge < -0.3 is 4.43 Å². The first kappa shape index (κ1) is 18.7. The monoisotopic (exact) mass is 382 g/mol. The van der Waals surface area contributed by atoms with Gasteiger partial charge in [-0.05, 0) is 48.9 Å². The van der Waals surface area contributed by atoms with Crippen LogP contribution in [0.25, 0.3) is 0 Å². The van der Waals surface area contributed by atoms with Crippen molar-refractivity contribution in [1.82, 2.24) is 0 Å². The summed E-state index contributed by atoms with van der Waals surface area (Å²) in [6, 6.07) is 7.36. The Morgan fingerprint density at radius 1 is 1.00 bits per heavy atom. The van der Waals surface area contributed by atoms with Crippen LogP contribution in [0.15, 0.2) is 35.6 Å². The molecule has 3 aliphatic carbocycles. The molecular weight excluding hydrogens is 352 g/mol. The van der Waals surface area contributed by atoms with Crippen LogP contribution in [-0.4, -0.2) is 19.9 Å². The minimum Gasteiger partial charge on any atom is -0.547 e. The number of Topliss-reactive ketones (excluding diaryl/α,β-unsaturated/α-hetero) is 2. The summed E-state index contributed by atoms with van der Waals surface area (Å²) in [5, 5.41) is 0.116. The van der Waals surface area contributed by atoms with E-state index in [1.165, 1.54) is 5.57 Å². The molecule has 4 heteroatoms. The summed E-state index contributed by atoms with van der Waals surface area (Å²) < 4.78 is 6.73. The Morgan fingerprint density at radius 3 is 2.26 bits per heavy atom. The highest BCUT2D eigenvalue weighted by Gasteiger charge is 2.52. The Labute approximate surface area is 163 Å². The van der Waals surface area contributed by atoms with Crippen molar-refractivity contribution in [1.29, 1.82) is 0 Å². The molecule has 3 atom stereocenters. The minimum absolute atomic E-state index is 0.116. The van der Waals surface area contributed by atoms with E-state index in [2.05, 4.69) is 33.9 Å². The average Bonchev–Trinajstić information content (AvgIpc) is 3.08. The largest absolute Gasteiger partial charge is 0.547 e. The highest BCUT2D eigenvalue weighted by atomic mass is 28.4. The van der Waals surface area contributed by atoms with Crippen LogP contribution in [0.5, 0.6) is 0 Å². The molecule has 0 amide bonds. The van der Waals surface area contributed by atoms with Gasteiger partial charge in [0, 0.05) is 29.4 Å². The molecule has 0 saturated heterocycles. The van der Waals surface area contributed by atoms with Gasteiger partial charge in [0.25, 0.3) is 0 Å². The summed E-state index contributed by atoms with van der Waals surface area (Å²) >= 11 is 0. The van der Waals surface area contributed by atoms with Gasteiger partial charge in [-0.15, -0.1) is 0 Å². The van der Waals surface area contributed by atoms with Crippen molar-refractivity contribution >= 4 is 19.9 Å². The Kier molecular flexibility index (Phi) is 4.26. The first-order valence-electron chi connectivity index (χ1n) is 10.2. The maximum absolute atomic E-state index is 13.3. The zero-order chi connectivity index (χ0) is 19.6. The molecule has 0 radical (unpaired) electrons. The van der Waals surface area contributed by atoms with Gasteiger partial charge in [-0.2, -0.15) is 0 Å². The number of benzene rings is 1. The molecule has 4 rings (SSSR count). The SMILES string of the molecule is CC(C)(C)[Si](C)(C)OC1=C2CCCC2C2C(=O)c3ccccc3C(=O)C2C1. The van der Waals surface area contributed by atoms with Crippen molar-refractivity contribution < 1.29 is 14.0 Å². The maximum atomic E-state index is 13.3. The van der Waals surface area contributed by atoms with E-state index in [1.807, 2.05) is 24.3 Å². The number of carbonyl (C=O) groups excluding carboxylic acids is 2. The molecule has 0 aromatic heterocycles. The van der Waals surface area contributed by atoms with E-state index < -0.39 is 8.32 Å². The van der Waals surface area contributed by atoms with E-state index >= 15 is 0 Å². The summed E-state index contributed by atoms with van der Waals surface area (Å²) in [6.07, 6.45) is 3.71. The molecule has 1 aromatic carbocycles. The van der Waals surface area contributed by atoms with Gasteiger partial charge in [-0.25, -0.2) is 0 Å². The van der Waals surface area contributed by atoms with Gasteiger partial charge in [0.05, 0.1) is 5.76 Å². The van der Waals surface area contributed by atoms with Crippen molar-refractivity contribution in [2.45, 2.75) is 64.6 Å². The average molecular weight is 383 g/mol. The Morgan fingerprint density at radius 2 is 1.63 bits per heavy atom. The zero-order valence-electron chi connectivity index (χ0n) is 17.1. The molecule has 3 unspecified atom stereocenters. The van der Waals surface area contributed by atoms with Crippen LogP contribution in [0.2, 0.25) is 18.1 Å². The first-order chi connectivity index (χ1) is 12.6. The summed E-state index contributed by atoms with van der Waals surface area (Å²) in [7, 11) is -1.97. The van der Waals surface area contributed by atoms with Crippen LogP contribution in [-0.2, 0) is 4.43 Å². The molecule has 0 N–H and O–H groups in total. The van der Waals surface area contributed by atoms with Crippen LogP contribution >= 0.6 is 0 Å². The lowest BCUT2D eigenvalue weighted by Gasteiger charge is -2.44. The molecule has 0 heterocycles. The molecule has 0 aliphatic heterocycles. The molecule has 1 fully saturated rings. The third-order valence-electron chi connectivity index (χ3n) is 7.32. The Balaban J connectivity index is 1.76. The number of hydrogen-bond donors (Lipinski definition) is 0. The topological polar surface area (TPSA) is 43.4 Å². The fraction of sp³-hybridized carbons (Fsp3) is 0.565. The van der Waals surface area contributed by atoms with Gasteiger partial charge in [0.1, 0.15) is 0 Å². The predicted molar refractivity (Wildman–Crippen MR) is 109 cm³/mol. The first-order valence-corrected chi connectivity index (χ1v) is 13.1. The Bertz CT molecular complexity index is 843. The number of allylic oxidation sites excluding steroid dienone is 2. The highest BCUT2D eigenvalue weighted by Crippen LogP contribution is 2.53. The maximum Gasteiger partial charge on any atom is 0.250 e. The van der Waals surface area contributed by atoms with Crippen LogP contribution in [0, 0.1) is 17.8 Å². The van der Waals surface area contributed by atoms with Gasteiger partial charge in [-0.3, -0.25) is 9.59 Å².